The number of nitrogens with zero attached hydrogens (tertiary/aromatic N) is 1. The average molecular weight is 224 g/mol. The lowest BCUT2D eigenvalue weighted by Crippen LogP contribution is -1.98. The van der Waals surface area contributed by atoms with E-state index < -0.39 is 0 Å². The Morgan fingerprint density at radius 3 is 3.07 bits per heavy atom. The first-order valence-corrected chi connectivity index (χ1v) is 5.89. The second-order valence-electron chi connectivity index (χ2n) is 3.12. The van der Waals surface area contributed by atoms with Crippen LogP contribution in [0.2, 0.25) is 0 Å². The number of aromatic amines is 1. The van der Waals surface area contributed by atoms with E-state index in [1.54, 1.807) is 11.3 Å². The SMILES string of the molecule is CCc1ccsc1Cn1cc[nH]c1=S. The molecule has 2 aromatic heterocycles. The first-order valence-electron chi connectivity index (χ1n) is 4.60. The smallest absolute Gasteiger partial charge is 0.177 e. The summed E-state index contributed by atoms with van der Waals surface area (Å²) in [5.74, 6) is 0. The van der Waals surface area contributed by atoms with Crippen molar-refractivity contribution in [3.05, 3.63) is 39.1 Å². The number of H-pyrrole nitrogens is 1. The zero-order chi connectivity index (χ0) is 9.97. The minimum Gasteiger partial charge on any atom is -0.337 e. The van der Waals surface area contributed by atoms with Gasteiger partial charge in [0.25, 0.3) is 0 Å². The Morgan fingerprint density at radius 1 is 1.57 bits per heavy atom. The molecule has 0 saturated carbocycles. The molecule has 0 atom stereocenters. The quantitative estimate of drug-likeness (QED) is 0.794. The molecular weight excluding hydrogens is 212 g/mol. The summed E-state index contributed by atoms with van der Waals surface area (Å²) in [7, 11) is 0. The van der Waals surface area contributed by atoms with Crippen LogP contribution in [0, 0.1) is 4.77 Å². The van der Waals surface area contributed by atoms with Crippen molar-refractivity contribution < 1.29 is 0 Å². The van der Waals surface area contributed by atoms with Gasteiger partial charge in [-0.1, -0.05) is 6.92 Å². The van der Waals surface area contributed by atoms with E-state index in [1.807, 2.05) is 12.4 Å². The van der Waals surface area contributed by atoms with Crippen LogP contribution in [0.15, 0.2) is 23.8 Å². The predicted molar refractivity (Wildman–Crippen MR) is 62.4 cm³/mol. The van der Waals surface area contributed by atoms with E-state index in [4.69, 9.17) is 12.2 Å². The molecule has 0 radical (unpaired) electrons. The zero-order valence-corrected chi connectivity index (χ0v) is 9.62. The van der Waals surface area contributed by atoms with E-state index in [2.05, 4.69) is 27.9 Å². The van der Waals surface area contributed by atoms with Crippen molar-refractivity contribution >= 4 is 23.6 Å². The number of imidazole rings is 1. The van der Waals surface area contributed by atoms with Crippen molar-refractivity contribution in [2.75, 3.05) is 0 Å². The monoisotopic (exact) mass is 224 g/mol. The highest BCUT2D eigenvalue weighted by Crippen LogP contribution is 2.18. The molecule has 0 aliphatic heterocycles. The van der Waals surface area contributed by atoms with Crippen molar-refractivity contribution in [1.82, 2.24) is 9.55 Å². The summed E-state index contributed by atoms with van der Waals surface area (Å²) in [5, 5.41) is 2.14. The maximum Gasteiger partial charge on any atom is 0.177 e. The number of hydrogen-bond donors (Lipinski definition) is 1. The third-order valence-electron chi connectivity index (χ3n) is 2.25. The molecule has 2 heterocycles. The van der Waals surface area contributed by atoms with Crippen molar-refractivity contribution in [3.8, 4) is 0 Å². The van der Waals surface area contributed by atoms with Crippen LogP contribution >= 0.6 is 23.6 Å². The number of thiophene rings is 1. The molecule has 0 aliphatic rings. The van der Waals surface area contributed by atoms with Crippen molar-refractivity contribution in [1.29, 1.82) is 0 Å². The molecule has 0 fully saturated rings. The van der Waals surface area contributed by atoms with Gasteiger partial charge in [0.05, 0.1) is 6.54 Å². The molecule has 2 aromatic rings. The standard InChI is InChI=1S/C10H12N2S2/c1-2-8-3-6-14-9(8)7-12-5-4-11-10(12)13/h3-6H,2,7H2,1H3,(H,11,13). The molecule has 4 heteroatoms. The maximum absolute atomic E-state index is 5.15. The summed E-state index contributed by atoms with van der Waals surface area (Å²) in [6, 6.07) is 2.19. The Morgan fingerprint density at radius 2 is 2.43 bits per heavy atom. The summed E-state index contributed by atoms with van der Waals surface area (Å²) in [5.41, 5.74) is 1.43. The van der Waals surface area contributed by atoms with E-state index in [9.17, 15) is 0 Å². The fraction of sp³-hybridized carbons (Fsp3) is 0.300. The third-order valence-corrected chi connectivity index (χ3v) is 3.56. The molecule has 1 N–H and O–H groups in total. The van der Waals surface area contributed by atoms with Gasteiger partial charge in [0.1, 0.15) is 0 Å². The predicted octanol–water partition coefficient (Wildman–Crippen LogP) is 3.22. The van der Waals surface area contributed by atoms with Gasteiger partial charge >= 0.3 is 0 Å². The Bertz CT molecular complexity index is 464. The van der Waals surface area contributed by atoms with Crippen LogP contribution < -0.4 is 0 Å². The van der Waals surface area contributed by atoms with Crippen LogP contribution in [0.25, 0.3) is 0 Å². The van der Waals surface area contributed by atoms with Gasteiger partial charge in [-0.25, -0.2) is 0 Å². The van der Waals surface area contributed by atoms with Gasteiger partial charge in [-0.2, -0.15) is 0 Å². The van der Waals surface area contributed by atoms with Crippen molar-refractivity contribution in [2.24, 2.45) is 0 Å². The normalized spacial score (nSPS) is 10.6. The molecule has 0 amide bonds. The van der Waals surface area contributed by atoms with E-state index in [-0.39, 0.29) is 0 Å². The second kappa shape index (κ2) is 4.11. The highest BCUT2D eigenvalue weighted by Gasteiger charge is 2.03. The third kappa shape index (κ3) is 1.81. The van der Waals surface area contributed by atoms with E-state index in [0.29, 0.717) is 0 Å². The highest BCUT2D eigenvalue weighted by atomic mass is 32.1. The van der Waals surface area contributed by atoms with Gasteiger partial charge in [-0.3, -0.25) is 0 Å². The lowest BCUT2D eigenvalue weighted by molar-refractivity contribution is 0.788. The highest BCUT2D eigenvalue weighted by molar-refractivity contribution is 7.71. The molecule has 0 saturated heterocycles. The molecule has 2 rings (SSSR count). The first kappa shape index (κ1) is 9.68. The van der Waals surface area contributed by atoms with Crippen LogP contribution in [-0.2, 0) is 13.0 Å². The van der Waals surface area contributed by atoms with Crippen LogP contribution in [0.5, 0.6) is 0 Å². The summed E-state index contributed by atoms with van der Waals surface area (Å²) in [6.07, 6.45) is 4.96. The molecule has 74 valence electrons. The van der Waals surface area contributed by atoms with Crippen LogP contribution in [0.3, 0.4) is 0 Å². The van der Waals surface area contributed by atoms with Gasteiger partial charge in [0, 0.05) is 17.3 Å². The Kier molecular flexibility index (Phi) is 2.84. The van der Waals surface area contributed by atoms with Gasteiger partial charge in [0.2, 0.25) is 0 Å². The van der Waals surface area contributed by atoms with Crippen LogP contribution in [0.4, 0.5) is 0 Å². The molecule has 0 aliphatic carbocycles. The minimum absolute atomic E-state index is 0.792. The van der Waals surface area contributed by atoms with E-state index in [1.165, 1.54) is 10.4 Å². The van der Waals surface area contributed by atoms with Gasteiger partial charge in [-0.15, -0.1) is 11.3 Å². The molecule has 0 unspecified atom stereocenters. The molecule has 0 aromatic carbocycles. The number of aryl methyl sites for hydroxylation is 1. The van der Waals surface area contributed by atoms with Crippen molar-refractivity contribution in [2.45, 2.75) is 19.9 Å². The number of nitrogens with one attached hydrogen (secondary N) is 1. The Balaban J connectivity index is 2.27. The molecule has 0 bridgehead atoms. The lowest BCUT2D eigenvalue weighted by Gasteiger charge is -2.02. The van der Waals surface area contributed by atoms with E-state index >= 15 is 0 Å². The second-order valence-corrected chi connectivity index (χ2v) is 4.50. The number of aromatic nitrogens is 2. The van der Waals surface area contributed by atoms with Gasteiger partial charge < -0.3 is 9.55 Å². The first-order chi connectivity index (χ1) is 6.81. The topological polar surface area (TPSA) is 20.7 Å². The lowest BCUT2D eigenvalue weighted by atomic mass is 10.2. The molecule has 2 nitrogen and oxygen atoms in total. The molecule has 14 heavy (non-hydrogen) atoms. The van der Waals surface area contributed by atoms with Gasteiger partial charge in [0.15, 0.2) is 4.77 Å². The Hall–Kier alpha value is -0.870. The summed E-state index contributed by atoms with van der Waals surface area (Å²) < 4.78 is 2.85. The largest absolute Gasteiger partial charge is 0.337 e. The van der Waals surface area contributed by atoms with Crippen LogP contribution in [-0.4, -0.2) is 9.55 Å². The minimum atomic E-state index is 0.792. The number of rotatable bonds is 3. The maximum atomic E-state index is 5.15. The average Bonchev–Trinajstić information content (AvgIpc) is 2.77. The molecule has 0 spiro atoms. The summed E-state index contributed by atoms with van der Waals surface area (Å²) in [4.78, 5) is 4.41. The fourth-order valence-corrected chi connectivity index (χ4v) is 2.62. The summed E-state index contributed by atoms with van der Waals surface area (Å²) in [6.45, 7) is 3.07. The fourth-order valence-electron chi connectivity index (χ4n) is 1.45. The van der Waals surface area contributed by atoms with Crippen molar-refractivity contribution in [3.63, 3.8) is 0 Å². The Labute approximate surface area is 92.2 Å². The van der Waals surface area contributed by atoms with Crippen LogP contribution in [0.1, 0.15) is 17.4 Å². The zero-order valence-electron chi connectivity index (χ0n) is 7.99. The number of hydrogen-bond acceptors (Lipinski definition) is 2. The summed E-state index contributed by atoms with van der Waals surface area (Å²) >= 11 is 6.95. The molecular formula is C10H12N2S2. The van der Waals surface area contributed by atoms with Gasteiger partial charge in [-0.05, 0) is 35.6 Å². The van der Waals surface area contributed by atoms with E-state index in [0.717, 1.165) is 17.7 Å².